The van der Waals surface area contributed by atoms with Gasteiger partial charge in [0.15, 0.2) is 0 Å². The van der Waals surface area contributed by atoms with Crippen LogP contribution in [-0.4, -0.2) is 11.7 Å². The van der Waals surface area contributed by atoms with E-state index in [4.69, 9.17) is 27.9 Å². The summed E-state index contributed by atoms with van der Waals surface area (Å²) >= 11 is 11.7. The molecule has 0 aliphatic carbocycles. The molecule has 2 nitrogen and oxygen atoms in total. The molecule has 0 aromatic heterocycles. The number of benzene rings is 1. The Labute approximate surface area is 86.0 Å². The number of ether oxygens (including phenoxy) is 1. The largest absolute Gasteiger partial charge is 0.493 e. The first-order valence-corrected chi connectivity index (χ1v) is 4.74. The third-order valence-electron chi connectivity index (χ3n) is 2.04. The zero-order valence-corrected chi connectivity index (χ0v) is 8.27. The lowest BCUT2D eigenvalue weighted by atomic mass is 10.0. The zero-order chi connectivity index (χ0) is 9.42. The molecule has 1 N–H and O–H groups in total. The highest BCUT2D eigenvalue weighted by atomic mass is 35.5. The van der Waals surface area contributed by atoms with Crippen molar-refractivity contribution in [3.63, 3.8) is 0 Å². The lowest BCUT2D eigenvalue weighted by Crippen LogP contribution is -2.14. The normalized spacial score (nSPS) is 20.7. The van der Waals surface area contributed by atoms with Crippen molar-refractivity contribution < 1.29 is 9.84 Å². The number of fused-ring (bicyclic) bond motifs is 1. The van der Waals surface area contributed by atoms with Gasteiger partial charge >= 0.3 is 0 Å². The Morgan fingerprint density at radius 3 is 2.92 bits per heavy atom. The molecular formula is C9H8Cl2O2. The number of hydrogen-bond donors (Lipinski definition) is 1. The molecule has 0 fully saturated rings. The van der Waals surface area contributed by atoms with Crippen LogP contribution in [0.2, 0.25) is 10.0 Å². The molecule has 1 aromatic carbocycles. The lowest BCUT2D eigenvalue weighted by Gasteiger charge is -2.23. The van der Waals surface area contributed by atoms with Gasteiger partial charge in [0.05, 0.1) is 17.7 Å². The highest BCUT2D eigenvalue weighted by Gasteiger charge is 2.22. The van der Waals surface area contributed by atoms with E-state index in [0.717, 1.165) is 0 Å². The third kappa shape index (κ3) is 1.62. The van der Waals surface area contributed by atoms with E-state index < -0.39 is 6.10 Å². The monoisotopic (exact) mass is 218 g/mol. The van der Waals surface area contributed by atoms with Crippen LogP contribution < -0.4 is 4.74 Å². The first-order valence-electron chi connectivity index (χ1n) is 3.98. The Bertz CT molecular complexity index is 339. The molecule has 1 heterocycles. The molecule has 0 saturated carbocycles. The summed E-state index contributed by atoms with van der Waals surface area (Å²) in [6.07, 6.45) is 0.0439. The molecule has 2 rings (SSSR count). The van der Waals surface area contributed by atoms with Crippen LogP contribution >= 0.6 is 23.2 Å². The Kier molecular flexibility index (Phi) is 2.37. The van der Waals surface area contributed by atoms with Crippen molar-refractivity contribution in [2.75, 3.05) is 6.61 Å². The summed E-state index contributed by atoms with van der Waals surface area (Å²) in [4.78, 5) is 0. The van der Waals surface area contributed by atoms with Gasteiger partial charge in [-0.2, -0.15) is 0 Å². The number of aliphatic hydroxyl groups excluding tert-OH is 1. The van der Waals surface area contributed by atoms with Gasteiger partial charge in [0.25, 0.3) is 0 Å². The summed E-state index contributed by atoms with van der Waals surface area (Å²) in [7, 11) is 0. The summed E-state index contributed by atoms with van der Waals surface area (Å²) in [5.41, 5.74) is 0.650. The van der Waals surface area contributed by atoms with Crippen molar-refractivity contribution in [2.45, 2.75) is 12.5 Å². The Morgan fingerprint density at radius 1 is 1.38 bits per heavy atom. The highest BCUT2D eigenvalue weighted by molar-refractivity contribution is 6.35. The van der Waals surface area contributed by atoms with Crippen LogP contribution in [0.15, 0.2) is 12.1 Å². The van der Waals surface area contributed by atoms with Crippen LogP contribution in [0.4, 0.5) is 0 Å². The Hall–Kier alpha value is -0.440. The van der Waals surface area contributed by atoms with Crippen LogP contribution in [0, 0.1) is 0 Å². The first kappa shape index (κ1) is 9.13. The van der Waals surface area contributed by atoms with Gasteiger partial charge in [-0.05, 0) is 12.1 Å². The number of rotatable bonds is 0. The maximum Gasteiger partial charge on any atom is 0.128 e. The molecule has 0 bridgehead atoms. The van der Waals surface area contributed by atoms with Gasteiger partial charge in [-0.3, -0.25) is 0 Å². The van der Waals surface area contributed by atoms with Gasteiger partial charge in [-0.15, -0.1) is 0 Å². The fourth-order valence-corrected chi connectivity index (χ4v) is 2.03. The summed E-state index contributed by atoms with van der Waals surface area (Å²) in [6, 6.07) is 3.28. The average molecular weight is 219 g/mol. The second-order valence-corrected chi connectivity index (χ2v) is 3.80. The molecule has 0 saturated heterocycles. The van der Waals surface area contributed by atoms with E-state index in [9.17, 15) is 5.11 Å². The fraction of sp³-hybridized carbons (Fsp3) is 0.333. The maximum absolute atomic E-state index is 9.63. The molecule has 1 aromatic rings. The minimum atomic E-state index is -0.534. The van der Waals surface area contributed by atoms with E-state index in [1.165, 1.54) is 0 Å². The SMILES string of the molecule is O[C@H]1CCOc2cc(Cl)cc(Cl)c21. The third-order valence-corrected chi connectivity index (χ3v) is 2.57. The number of halogens is 2. The van der Waals surface area contributed by atoms with E-state index in [1.54, 1.807) is 12.1 Å². The highest BCUT2D eigenvalue weighted by Crippen LogP contribution is 2.39. The van der Waals surface area contributed by atoms with Crippen LogP contribution in [0.1, 0.15) is 18.1 Å². The van der Waals surface area contributed by atoms with Crippen molar-refractivity contribution in [3.05, 3.63) is 27.7 Å². The Balaban J connectivity index is 2.56. The molecule has 0 amide bonds. The van der Waals surface area contributed by atoms with Crippen molar-refractivity contribution in [1.29, 1.82) is 0 Å². The molecule has 1 aliphatic heterocycles. The van der Waals surface area contributed by atoms with Crippen LogP contribution in [0.25, 0.3) is 0 Å². The topological polar surface area (TPSA) is 29.5 Å². The number of hydrogen-bond acceptors (Lipinski definition) is 2. The first-order chi connectivity index (χ1) is 6.18. The molecule has 13 heavy (non-hydrogen) atoms. The molecule has 0 spiro atoms. The summed E-state index contributed by atoms with van der Waals surface area (Å²) < 4.78 is 5.33. The quantitative estimate of drug-likeness (QED) is 0.726. The van der Waals surface area contributed by atoms with Crippen molar-refractivity contribution in [2.24, 2.45) is 0 Å². The zero-order valence-electron chi connectivity index (χ0n) is 6.76. The molecule has 1 aliphatic rings. The molecule has 70 valence electrons. The van der Waals surface area contributed by atoms with Gasteiger partial charge in [-0.25, -0.2) is 0 Å². The van der Waals surface area contributed by atoms with Crippen molar-refractivity contribution in [1.82, 2.24) is 0 Å². The van der Waals surface area contributed by atoms with E-state index in [1.807, 2.05) is 0 Å². The minimum absolute atomic E-state index is 0.467. The van der Waals surface area contributed by atoms with E-state index in [2.05, 4.69) is 0 Å². The van der Waals surface area contributed by atoms with Gasteiger partial charge in [0.2, 0.25) is 0 Å². The molecule has 0 unspecified atom stereocenters. The van der Waals surface area contributed by atoms with Gasteiger partial charge in [0, 0.05) is 17.0 Å². The second-order valence-electron chi connectivity index (χ2n) is 2.95. The summed E-state index contributed by atoms with van der Waals surface area (Å²) in [5, 5.41) is 10.6. The van der Waals surface area contributed by atoms with Crippen molar-refractivity contribution >= 4 is 23.2 Å². The molecular weight excluding hydrogens is 211 g/mol. The number of aliphatic hydroxyl groups is 1. The summed E-state index contributed by atoms with van der Waals surface area (Å²) in [5.74, 6) is 0.594. The fourth-order valence-electron chi connectivity index (χ4n) is 1.43. The van der Waals surface area contributed by atoms with Crippen molar-refractivity contribution in [3.8, 4) is 5.75 Å². The predicted octanol–water partition coefficient (Wildman–Crippen LogP) is 2.81. The van der Waals surface area contributed by atoms with Gasteiger partial charge in [0.1, 0.15) is 5.75 Å². The van der Waals surface area contributed by atoms with Gasteiger partial charge < -0.3 is 9.84 Å². The van der Waals surface area contributed by atoms with Crippen LogP contribution in [0.5, 0.6) is 5.75 Å². The minimum Gasteiger partial charge on any atom is -0.493 e. The maximum atomic E-state index is 9.63. The molecule has 0 radical (unpaired) electrons. The average Bonchev–Trinajstić information content (AvgIpc) is 2.02. The lowest BCUT2D eigenvalue weighted by molar-refractivity contribution is 0.115. The Morgan fingerprint density at radius 2 is 2.15 bits per heavy atom. The van der Waals surface area contributed by atoms with E-state index in [0.29, 0.717) is 34.4 Å². The van der Waals surface area contributed by atoms with Gasteiger partial charge in [-0.1, -0.05) is 23.2 Å². The standard InChI is InChI=1S/C9H8Cl2O2/c10-5-3-6(11)9-7(12)1-2-13-8(9)4-5/h3-4,7,12H,1-2H2/t7-/m0/s1. The van der Waals surface area contributed by atoms with Crippen LogP contribution in [0.3, 0.4) is 0 Å². The van der Waals surface area contributed by atoms with E-state index in [-0.39, 0.29) is 0 Å². The molecule has 4 heteroatoms. The van der Waals surface area contributed by atoms with Crippen LogP contribution in [-0.2, 0) is 0 Å². The summed E-state index contributed by atoms with van der Waals surface area (Å²) in [6.45, 7) is 0.505. The smallest absolute Gasteiger partial charge is 0.128 e. The molecule has 1 atom stereocenters. The second kappa shape index (κ2) is 3.37. The van der Waals surface area contributed by atoms with E-state index >= 15 is 0 Å². The predicted molar refractivity (Wildman–Crippen MR) is 51.5 cm³/mol.